The van der Waals surface area contributed by atoms with Crippen molar-refractivity contribution < 1.29 is 27.1 Å². The second-order valence-corrected chi connectivity index (χ2v) is 1.28. The molecule has 0 aromatic carbocycles. The van der Waals surface area contributed by atoms with Gasteiger partial charge >= 0.3 is 17.1 Å². The fourth-order valence-corrected chi connectivity index (χ4v) is 0.283. The van der Waals surface area contributed by atoms with E-state index in [4.69, 9.17) is 5.21 Å². The van der Waals surface area contributed by atoms with Crippen molar-refractivity contribution in [2.75, 3.05) is 0 Å². The van der Waals surface area contributed by atoms with Gasteiger partial charge in [0.15, 0.2) is 0 Å². The Labute approximate surface area is 58.9 Å². The van der Waals surface area contributed by atoms with E-state index in [0.29, 0.717) is 6.42 Å². The molecule has 0 aromatic heterocycles. The van der Waals surface area contributed by atoms with E-state index in [1.807, 2.05) is 6.92 Å². The molecule has 0 heterocycles. The summed E-state index contributed by atoms with van der Waals surface area (Å²) in [6.45, 7) is 1.87. The third kappa shape index (κ3) is 5.95. The Morgan fingerprint density at radius 2 is 2.25 bits per heavy atom. The Morgan fingerprint density at radius 1 is 1.75 bits per heavy atom. The van der Waals surface area contributed by atoms with E-state index < -0.39 is 0 Å². The van der Waals surface area contributed by atoms with E-state index in [9.17, 15) is 4.79 Å². The first kappa shape index (κ1) is 10.8. The largest absolute Gasteiger partial charge is 2.00 e. The van der Waals surface area contributed by atoms with Crippen LogP contribution in [0.25, 0.3) is 0 Å². The Hall–Kier alpha value is -0.0505. The Morgan fingerprint density at radius 3 is 2.38 bits per heavy atom. The molecule has 8 heavy (non-hydrogen) atoms. The molecule has 0 rings (SSSR count). The van der Waals surface area contributed by atoms with E-state index in [0.717, 1.165) is 6.42 Å². The van der Waals surface area contributed by atoms with Gasteiger partial charge in [-0.15, -0.1) is 0 Å². The van der Waals surface area contributed by atoms with Crippen molar-refractivity contribution in [3.8, 4) is 0 Å². The van der Waals surface area contributed by atoms with Gasteiger partial charge in [-0.3, -0.25) is 10.0 Å². The molecule has 0 saturated heterocycles. The number of rotatable bonds is 2. The monoisotopic (exact) mass is 166 g/mol. The summed E-state index contributed by atoms with van der Waals surface area (Å²) in [6, 6.07) is 0. The van der Waals surface area contributed by atoms with Crippen molar-refractivity contribution in [2.45, 2.75) is 19.8 Å². The van der Waals surface area contributed by atoms with Crippen molar-refractivity contribution in [1.29, 1.82) is 0 Å². The van der Waals surface area contributed by atoms with Crippen molar-refractivity contribution in [2.24, 2.45) is 0 Å². The molecule has 3 nitrogen and oxygen atoms in total. The van der Waals surface area contributed by atoms with E-state index in [1.54, 1.807) is 0 Å². The van der Waals surface area contributed by atoms with Gasteiger partial charge in [-0.25, -0.2) is 5.48 Å². The number of carbonyl (C=O) groups excluding carboxylic acids is 1. The molecule has 2 N–H and O–H groups in total. The van der Waals surface area contributed by atoms with Crippen LogP contribution in [0.2, 0.25) is 0 Å². The number of hydroxylamine groups is 1. The van der Waals surface area contributed by atoms with Crippen molar-refractivity contribution >= 4 is 5.91 Å². The van der Waals surface area contributed by atoms with Crippen molar-refractivity contribution in [3.63, 3.8) is 0 Å². The molecule has 1 radical (unpaired) electrons. The summed E-state index contributed by atoms with van der Waals surface area (Å²) < 4.78 is 0. The second kappa shape index (κ2) is 6.95. The maximum atomic E-state index is 10.1. The topological polar surface area (TPSA) is 49.3 Å². The first-order valence-electron chi connectivity index (χ1n) is 2.24. The van der Waals surface area contributed by atoms with Crippen LogP contribution in [0, 0.1) is 0 Å². The fraction of sp³-hybridized carbons (Fsp3) is 0.750. The van der Waals surface area contributed by atoms with Gasteiger partial charge in [0.2, 0.25) is 5.91 Å². The van der Waals surface area contributed by atoms with Gasteiger partial charge in [-0.2, -0.15) is 0 Å². The molecule has 0 fully saturated rings. The predicted molar refractivity (Wildman–Crippen MR) is 24.8 cm³/mol. The average Bonchev–Trinajstić information content (AvgIpc) is 1.68. The Balaban J connectivity index is 0. The molecule has 0 aromatic rings. The first-order chi connectivity index (χ1) is 3.31. The predicted octanol–water partition coefficient (Wildman–Crippen LogP) is 0.289. The third-order valence-electron chi connectivity index (χ3n) is 0.602. The zero-order valence-electron chi connectivity index (χ0n) is 4.57. The SMILES string of the molecule is CCCC(=O)NO.[Cu+2]. The van der Waals surface area contributed by atoms with Crippen LogP contribution in [-0.4, -0.2) is 11.1 Å². The Bertz CT molecular complexity index is 67.1. The number of hydrogen-bond acceptors (Lipinski definition) is 2. The molecule has 0 aliphatic carbocycles. The van der Waals surface area contributed by atoms with Gasteiger partial charge < -0.3 is 0 Å². The Kier molecular flexibility index (Phi) is 9.42. The molecule has 0 unspecified atom stereocenters. The van der Waals surface area contributed by atoms with Gasteiger partial charge in [-0.1, -0.05) is 6.92 Å². The maximum absolute atomic E-state index is 10.1. The van der Waals surface area contributed by atoms with Crippen LogP contribution in [0.1, 0.15) is 19.8 Å². The van der Waals surface area contributed by atoms with E-state index >= 15 is 0 Å². The summed E-state index contributed by atoms with van der Waals surface area (Å²) in [6.07, 6.45) is 1.17. The van der Waals surface area contributed by atoms with Crippen LogP contribution in [0.3, 0.4) is 0 Å². The molecule has 51 valence electrons. The zero-order valence-corrected chi connectivity index (χ0v) is 5.51. The minimum absolute atomic E-state index is 0. The van der Waals surface area contributed by atoms with Crippen LogP contribution in [0.5, 0.6) is 0 Å². The van der Waals surface area contributed by atoms with Crippen LogP contribution in [-0.2, 0) is 21.9 Å². The van der Waals surface area contributed by atoms with Crippen LogP contribution >= 0.6 is 0 Å². The van der Waals surface area contributed by atoms with Gasteiger partial charge in [0, 0.05) is 6.42 Å². The number of hydrogen-bond donors (Lipinski definition) is 2. The van der Waals surface area contributed by atoms with Crippen molar-refractivity contribution in [3.05, 3.63) is 0 Å². The summed E-state index contributed by atoms with van der Waals surface area (Å²) in [7, 11) is 0. The summed E-state index contributed by atoms with van der Waals surface area (Å²) in [4.78, 5) is 10.1. The zero-order chi connectivity index (χ0) is 5.70. The molecule has 1 amide bonds. The average molecular weight is 167 g/mol. The maximum Gasteiger partial charge on any atom is 2.00 e. The molecule has 0 spiro atoms. The van der Waals surface area contributed by atoms with Crippen LogP contribution in [0.15, 0.2) is 0 Å². The van der Waals surface area contributed by atoms with Gasteiger partial charge in [-0.05, 0) is 6.42 Å². The van der Waals surface area contributed by atoms with Crippen molar-refractivity contribution in [1.82, 2.24) is 5.48 Å². The molecule has 0 bridgehead atoms. The minimum Gasteiger partial charge on any atom is -0.289 e. The van der Waals surface area contributed by atoms with Gasteiger partial charge in [0.25, 0.3) is 0 Å². The van der Waals surface area contributed by atoms with E-state index in [1.165, 1.54) is 5.48 Å². The molecule has 0 saturated carbocycles. The second-order valence-electron chi connectivity index (χ2n) is 1.28. The quantitative estimate of drug-likeness (QED) is 0.352. The minimum atomic E-state index is -0.317. The molecule has 4 heteroatoms. The summed E-state index contributed by atoms with van der Waals surface area (Å²) in [5.41, 5.74) is 1.53. The number of amides is 1. The fourth-order valence-electron chi connectivity index (χ4n) is 0.283. The van der Waals surface area contributed by atoms with Gasteiger partial charge in [0.1, 0.15) is 0 Å². The molecule has 0 aliphatic heterocycles. The van der Waals surface area contributed by atoms with E-state index in [2.05, 4.69) is 0 Å². The molecular weight excluding hydrogens is 158 g/mol. The normalized spacial score (nSPS) is 7.25. The number of carbonyl (C=O) groups is 1. The molecule has 0 aliphatic rings. The van der Waals surface area contributed by atoms with Crippen LogP contribution in [0.4, 0.5) is 0 Å². The third-order valence-corrected chi connectivity index (χ3v) is 0.602. The van der Waals surface area contributed by atoms with Gasteiger partial charge in [0.05, 0.1) is 0 Å². The summed E-state index contributed by atoms with van der Waals surface area (Å²) in [5.74, 6) is -0.317. The summed E-state index contributed by atoms with van der Waals surface area (Å²) >= 11 is 0. The summed E-state index contributed by atoms with van der Waals surface area (Å²) in [5, 5.41) is 7.87. The van der Waals surface area contributed by atoms with E-state index in [-0.39, 0.29) is 23.0 Å². The van der Waals surface area contributed by atoms with Crippen LogP contribution < -0.4 is 5.48 Å². The first-order valence-corrected chi connectivity index (χ1v) is 2.24. The standard InChI is InChI=1S/C4H9NO2.Cu/c1-2-3-4(6)5-7;/h7H,2-3H2,1H3,(H,5,6);/q;+2. The number of nitrogens with one attached hydrogen (secondary N) is 1. The molecular formula is C4H9CuNO2+2. The smallest absolute Gasteiger partial charge is 0.289 e. The molecule has 0 atom stereocenters.